The third-order valence-electron chi connectivity index (χ3n) is 7.30. The van der Waals surface area contributed by atoms with Crippen LogP contribution in [0.4, 0.5) is 23.7 Å². The van der Waals surface area contributed by atoms with Gasteiger partial charge in [0.1, 0.15) is 6.61 Å². The average Bonchev–Trinajstić information content (AvgIpc) is 2.89. The molecule has 2 aromatic rings. The largest absolute Gasteiger partial charge is 0.448 e. The summed E-state index contributed by atoms with van der Waals surface area (Å²) in [6.07, 6.45) is -1.63. The Kier molecular flexibility index (Phi) is 8.98. The van der Waals surface area contributed by atoms with Crippen LogP contribution in [0.2, 0.25) is 0 Å². The van der Waals surface area contributed by atoms with E-state index in [1.165, 1.54) is 30.1 Å². The summed E-state index contributed by atoms with van der Waals surface area (Å²) in [5, 5.41) is 5.44. The summed E-state index contributed by atoms with van der Waals surface area (Å²) in [7, 11) is 1.39. The van der Waals surface area contributed by atoms with Crippen LogP contribution >= 0.6 is 0 Å². The molecule has 1 aliphatic heterocycles. The summed E-state index contributed by atoms with van der Waals surface area (Å²) >= 11 is 0. The number of amides is 3. The fraction of sp³-hybridized carbons (Fsp3) is 0.464. The smallest absolute Gasteiger partial charge is 0.416 e. The van der Waals surface area contributed by atoms with Gasteiger partial charge in [-0.2, -0.15) is 13.2 Å². The third-order valence-corrected chi connectivity index (χ3v) is 7.30. The number of hydrogen-bond acceptors (Lipinski definition) is 5. The highest BCUT2D eigenvalue weighted by molar-refractivity contribution is 5.82. The lowest BCUT2D eigenvalue weighted by atomic mass is 9.83. The Hall–Kier alpha value is -3.76. The van der Waals surface area contributed by atoms with Crippen molar-refractivity contribution in [3.8, 4) is 0 Å². The Bertz CT molecular complexity index is 1200. The average molecular weight is 547 g/mol. The molecule has 1 saturated carbocycles. The number of nitrogens with one attached hydrogen (secondary N) is 2. The van der Waals surface area contributed by atoms with Crippen molar-refractivity contribution in [2.24, 2.45) is 5.92 Å². The number of fused-ring (bicyclic) bond motifs is 1. The molecule has 39 heavy (non-hydrogen) atoms. The van der Waals surface area contributed by atoms with Crippen LogP contribution in [0.5, 0.6) is 0 Å². The molecule has 2 N–H and O–H groups in total. The lowest BCUT2D eigenvalue weighted by Crippen LogP contribution is -2.42. The zero-order chi connectivity index (χ0) is 28.0. The van der Waals surface area contributed by atoms with Crippen LogP contribution in [0.1, 0.15) is 41.5 Å². The molecule has 2 aliphatic rings. The SMILES string of the molecule is CNC(=O)OCCN(Cc1ccccc1C(F)(F)F)C(=O)CNc1cccc2c1CCN(C(=O)C1CCC1)C2. The Labute approximate surface area is 225 Å². The van der Waals surface area contributed by atoms with Crippen molar-refractivity contribution in [1.29, 1.82) is 0 Å². The van der Waals surface area contributed by atoms with Gasteiger partial charge in [-0.1, -0.05) is 36.8 Å². The number of benzene rings is 2. The highest BCUT2D eigenvalue weighted by Crippen LogP contribution is 2.33. The zero-order valence-corrected chi connectivity index (χ0v) is 21.9. The summed E-state index contributed by atoms with van der Waals surface area (Å²) in [5.41, 5.74) is 1.93. The minimum absolute atomic E-state index is 0.0494. The van der Waals surface area contributed by atoms with Gasteiger partial charge in [0, 0.05) is 38.3 Å². The van der Waals surface area contributed by atoms with Crippen molar-refractivity contribution >= 4 is 23.6 Å². The molecule has 0 bridgehead atoms. The van der Waals surface area contributed by atoms with Crippen molar-refractivity contribution in [3.63, 3.8) is 0 Å². The first-order valence-corrected chi connectivity index (χ1v) is 13.1. The first-order valence-electron chi connectivity index (χ1n) is 13.1. The molecule has 0 spiro atoms. The molecule has 0 radical (unpaired) electrons. The number of halogens is 3. The maximum Gasteiger partial charge on any atom is 0.416 e. The first kappa shape index (κ1) is 28.3. The minimum atomic E-state index is -4.57. The lowest BCUT2D eigenvalue weighted by Gasteiger charge is -2.35. The summed E-state index contributed by atoms with van der Waals surface area (Å²) in [5.74, 6) is -0.108. The van der Waals surface area contributed by atoms with E-state index < -0.39 is 23.7 Å². The summed E-state index contributed by atoms with van der Waals surface area (Å²) in [4.78, 5) is 40.5. The van der Waals surface area contributed by atoms with Crippen LogP contribution in [-0.2, 0) is 40.0 Å². The second-order valence-electron chi connectivity index (χ2n) is 9.79. The van der Waals surface area contributed by atoms with E-state index in [9.17, 15) is 27.6 Å². The number of ether oxygens (including phenoxy) is 1. The number of carbonyl (C=O) groups excluding carboxylic acids is 3. The van der Waals surface area contributed by atoms with Crippen molar-refractivity contribution in [2.75, 3.05) is 38.6 Å². The van der Waals surface area contributed by atoms with Crippen LogP contribution in [-0.4, -0.2) is 61.0 Å². The Morgan fingerprint density at radius 3 is 2.56 bits per heavy atom. The topological polar surface area (TPSA) is 91.0 Å². The van der Waals surface area contributed by atoms with E-state index in [1.54, 1.807) is 0 Å². The third kappa shape index (κ3) is 7.01. The molecular weight excluding hydrogens is 513 g/mol. The molecule has 2 aromatic carbocycles. The maximum absolute atomic E-state index is 13.6. The monoisotopic (exact) mass is 546 g/mol. The molecule has 1 fully saturated rings. The number of anilines is 1. The molecule has 11 heteroatoms. The minimum Gasteiger partial charge on any atom is -0.448 e. The van der Waals surface area contributed by atoms with Gasteiger partial charge in [-0.15, -0.1) is 0 Å². The standard InChI is InChI=1S/C28H33F3N4O4/c1-32-27(38)39-15-14-34(18-21-6-2-3-10-23(21)28(29,30)31)25(36)16-33-24-11-5-9-20-17-35(13-12-22(20)24)26(37)19-7-4-8-19/h2-3,5-6,9-11,19,33H,4,7-8,12-18H2,1H3,(H,32,38). The van der Waals surface area contributed by atoms with Gasteiger partial charge < -0.3 is 25.2 Å². The van der Waals surface area contributed by atoms with E-state index in [-0.39, 0.29) is 43.6 Å². The van der Waals surface area contributed by atoms with Gasteiger partial charge in [0.05, 0.1) is 18.7 Å². The van der Waals surface area contributed by atoms with E-state index in [0.29, 0.717) is 19.5 Å². The van der Waals surface area contributed by atoms with Gasteiger partial charge in [0.2, 0.25) is 11.8 Å². The molecular formula is C28H33F3N4O4. The second-order valence-corrected chi connectivity index (χ2v) is 9.79. The molecule has 4 rings (SSSR count). The maximum atomic E-state index is 13.6. The molecule has 1 aliphatic carbocycles. The van der Waals surface area contributed by atoms with Crippen LogP contribution in [0.25, 0.3) is 0 Å². The quantitative estimate of drug-likeness (QED) is 0.493. The van der Waals surface area contributed by atoms with Crippen molar-refractivity contribution in [3.05, 3.63) is 64.7 Å². The van der Waals surface area contributed by atoms with Gasteiger partial charge >= 0.3 is 12.3 Å². The second kappa shape index (κ2) is 12.4. The van der Waals surface area contributed by atoms with Gasteiger partial charge in [-0.3, -0.25) is 9.59 Å². The van der Waals surface area contributed by atoms with Gasteiger partial charge in [0.15, 0.2) is 0 Å². The fourth-order valence-electron chi connectivity index (χ4n) is 4.91. The number of alkyl halides is 3. The van der Waals surface area contributed by atoms with Crippen molar-refractivity contribution < 1.29 is 32.3 Å². The normalized spacial score (nSPS) is 15.1. The Morgan fingerprint density at radius 1 is 1.10 bits per heavy atom. The van der Waals surface area contributed by atoms with E-state index >= 15 is 0 Å². The zero-order valence-electron chi connectivity index (χ0n) is 21.9. The van der Waals surface area contributed by atoms with E-state index in [0.717, 1.165) is 42.1 Å². The molecule has 0 aromatic heterocycles. The van der Waals surface area contributed by atoms with E-state index in [4.69, 9.17) is 4.74 Å². The van der Waals surface area contributed by atoms with Crippen molar-refractivity contribution in [1.82, 2.24) is 15.1 Å². The molecule has 1 heterocycles. The Balaban J connectivity index is 1.44. The highest BCUT2D eigenvalue weighted by atomic mass is 19.4. The number of hydrogen-bond donors (Lipinski definition) is 2. The predicted molar refractivity (Wildman–Crippen MR) is 139 cm³/mol. The van der Waals surface area contributed by atoms with Crippen LogP contribution < -0.4 is 10.6 Å². The van der Waals surface area contributed by atoms with E-state index in [1.807, 2.05) is 23.1 Å². The van der Waals surface area contributed by atoms with Crippen LogP contribution in [0, 0.1) is 5.92 Å². The van der Waals surface area contributed by atoms with Crippen LogP contribution in [0.15, 0.2) is 42.5 Å². The Morgan fingerprint density at radius 2 is 1.87 bits per heavy atom. The van der Waals surface area contributed by atoms with Crippen LogP contribution in [0.3, 0.4) is 0 Å². The highest BCUT2D eigenvalue weighted by Gasteiger charge is 2.34. The fourth-order valence-corrected chi connectivity index (χ4v) is 4.91. The van der Waals surface area contributed by atoms with Gasteiger partial charge in [-0.05, 0) is 48.1 Å². The molecule has 8 nitrogen and oxygen atoms in total. The van der Waals surface area contributed by atoms with E-state index in [2.05, 4.69) is 10.6 Å². The number of carbonyl (C=O) groups is 3. The molecule has 0 atom stereocenters. The lowest BCUT2D eigenvalue weighted by molar-refractivity contribution is -0.140. The first-order chi connectivity index (χ1) is 18.7. The van der Waals surface area contributed by atoms with Gasteiger partial charge in [-0.25, -0.2) is 4.79 Å². The molecule has 3 amide bonds. The summed E-state index contributed by atoms with van der Waals surface area (Å²) < 4.78 is 45.7. The molecule has 210 valence electrons. The molecule has 0 saturated heterocycles. The predicted octanol–water partition coefficient (Wildman–Crippen LogP) is 4.19. The van der Waals surface area contributed by atoms with Crippen molar-refractivity contribution in [2.45, 2.75) is 44.9 Å². The summed E-state index contributed by atoms with van der Waals surface area (Å²) in [6.45, 7) is 0.418. The molecule has 0 unspecified atom stereocenters. The number of rotatable bonds is 9. The number of nitrogens with zero attached hydrogens (tertiary/aromatic N) is 2. The number of alkyl carbamates (subject to hydrolysis) is 1. The summed E-state index contributed by atoms with van der Waals surface area (Å²) in [6, 6.07) is 10.8. The van der Waals surface area contributed by atoms with Gasteiger partial charge in [0.25, 0.3) is 0 Å².